The molecule has 11 heteroatoms. The van der Waals surface area contributed by atoms with Crippen molar-refractivity contribution in [2.24, 2.45) is 11.8 Å². The first-order chi connectivity index (χ1) is 15.9. The van der Waals surface area contributed by atoms with Crippen LogP contribution in [0.4, 0.5) is 13.2 Å². The lowest BCUT2D eigenvalue weighted by Crippen LogP contribution is -2.48. The van der Waals surface area contributed by atoms with Gasteiger partial charge in [0.25, 0.3) is 5.91 Å². The van der Waals surface area contributed by atoms with Crippen molar-refractivity contribution in [3.05, 3.63) is 65.2 Å². The van der Waals surface area contributed by atoms with Crippen LogP contribution in [0.2, 0.25) is 0 Å². The highest BCUT2D eigenvalue weighted by Crippen LogP contribution is 2.50. The third kappa shape index (κ3) is 4.67. The molecule has 7 nitrogen and oxygen atoms in total. The van der Waals surface area contributed by atoms with Crippen LogP contribution in [0.1, 0.15) is 27.9 Å². The van der Waals surface area contributed by atoms with Crippen LogP contribution in [-0.2, 0) is 27.5 Å². The van der Waals surface area contributed by atoms with Gasteiger partial charge in [-0.05, 0) is 54.2 Å². The van der Waals surface area contributed by atoms with Gasteiger partial charge in [-0.2, -0.15) is 13.2 Å². The number of hydrogen-bond acceptors (Lipinski definition) is 4. The summed E-state index contributed by atoms with van der Waals surface area (Å²) in [6, 6.07) is 9.52. The molecule has 2 amide bonds. The molecule has 2 aliphatic rings. The predicted octanol–water partition coefficient (Wildman–Crippen LogP) is 2.73. The number of rotatable bonds is 6. The lowest BCUT2D eigenvalue weighted by Gasteiger charge is -2.27. The van der Waals surface area contributed by atoms with Crippen molar-refractivity contribution in [2.75, 3.05) is 20.6 Å². The van der Waals surface area contributed by atoms with Gasteiger partial charge in [0, 0.05) is 32.7 Å². The van der Waals surface area contributed by atoms with E-state index in [4.69, 9.17) is 0 Å². The second-order valence-electron chi connectivity index (χ2n) is 8.79. The predicted molar refractivity (Wildman–Crippen MR) is 117 cm³/mol. The largest absolute Gasteiger partial charge is 0.416 e. The van der Waals surface area contributed by atoms with E-state index in [-0.39, 0.29) is 34.7 Å². The molecule has 1 saturated heterocycles. The van der Waals surface area contributed by atoms with Crippen LogP contribution in [0.25, 0.3) is 0 Å². The Balaban J connectivity index is 1.47. The number of likely N-dealkylation sites (tertiary alicyclic amines) is 1. The number of piperidine rings is 1. The number of fused-ring (bicyclic) bond motifs is 1. The SMILES string of the molecule is CN(C)S(=O)(=O)c1cccc(C(=O)N2C[C@H]3C[C@H]3[C@@H]2C(=O)NCc2ccc(C(F)(F)F)cc2)c1. The summed E-state index contributed by atoms with van der Waals surface area (Å²) >= 11 is 0. The number of nitrogens with zero attached hydrogens (tertiary/aromatic N) is 2. The van der Waals surface area contributed by atoms with E-state index in [2.05, 4.69) is 5.32 Å². The van der Waals surface area contributed by atoms with E-state index in [1.807, 2.05) is 0 Å². The fourth-order valence-electron chi connectivity index (χ4n) is 4.28. The zero-order valence-electron chi connectivity index (χ0n) is 18.5. The summed E-state index contributed by atoms with van der Waals surface area (Å²) in [5.74, 6) is -0.585. The summed E-state index contributed by atoms with van der Waals surface area (Å²) in [6.45, 7) is 0.427. The van der Waals surface area contributed by atoms with Gasteiger partial charge in [0.2, 0.25) is 15.9 Å². The number of sulfonamides is 1. The number of benzene rings is 2. The molecule has 1 saturated carbocycles. The molecule has 0 aromatic heterocycles. The Bertz CT molecular complexity index is 1210. The molecule has 1 aliphatic heterocycles. The van der Waals surface area contributed by atoms with E-state index in [0.717, 1.165) is 22.9 Å². The first-order valence-corrected chi connectivity index (χ1v) is 12.1. The number of carbonyl (C=O) groups excluding carboxylic acids is 2. The molecular formula is C23H24F3N3O4S. The quantitative estimate of drug-likeness (QED) is 0.668. The molecule has 0 bridgehead atoms. The van der Waals surface area contributed by atoms with Crippen molar-refractivity contribution >= 4 is 21.8 Å². The minimum absolute atomic E-state index is 0.0176. The number of amides is 2. The minimum atomic E-state index is -4.43. The van der Waals surface area contributed by atoms with Crippen LogP contribution in [0.5, 0.6) is 0 Å². The van der Waals surface area contributed by atoms with Gasteiger partial charge >= 0.3 is 6.18 Å². The van der Waals surface area contributed by atoms with Crippen LogP contribution < -0.4 is 5.32 Å². The van der Waals surface area contributed by atoms with Crippen LogP contribution in [-0.4, -0.2) is 56.1 Å². The van der Waals surface area contributed by atoms with Gasteiger partial charge in [0.05, 0.1) is 10.5 Å². The summed E-state index contributed by atoms with van der Waals surface area (Å²) in [7, 11) is -0.932. The maximum absolute atomic E-state index is 13.2. The molecule has 2 fully saturated rings. The summed E-state index contributed by atoms with van der Waals surface area (Å²) in [6.07, 6.45) is -3.62. The van der Waals surface area contributed by atoms with E-state index in [9.17, 15) is 31.2 Å². The molecule has 0 radical (unpaired) electrons. The number of nitrogens with one attached hydrogen (secondary N) is 1. The number of halogens is 3. The third-order valence-electron chi connectivity index (χ3n) is 6.29. The molecule has 34 heavy (non-hydrogen) atoms. The van der Waals surface area contributed by atoms with Crippen LogP contribution in [0, 0.1) is 11.8 Å². The summed E-state index contributed by atoms with van der Waals surface area (Å²) < 4.78 is 64.1. The highest BCUT2D eigenvalue weighted by atomic mass is 32.2. The fourth-order valence-corrected chi connectivity index (χ4v) is 5.23. The van der Waals surface area contributed by atoms with E-state index in [1.165, 1.54) is 55.4 Å². The highest BCUT2D eigenvalue weighted by Gasteiger charge is 2.56. The Kier molecular flexibility index (Phi) is 6.19. The maximum atomic E-state index is 13.2. The lowest BCUT2D eigenvalue weighted by atomic mass is 10.1. The van der Waals surface area contributed by atoms with Gasteiger partial charge in [-0.25, -0.2) is 12.7 Å². The normalized spacial score (nSPS) is 21.9. The maximum Gasteiger partial charge on any atom is 0.416 e. The van der Waals surface area contributed by atoms with Crippen molar-refractivity contribution in [1.29, 1.82) is 0 Å². The molecule has 3 atom stereocenters. The highest BCUT2D eigenvalue weighted by molar-refractivity contribution is 7.89. The number of carbonyl (C=O) groups is 2. The molecule has 1 aliphatic carbocycles. The molecule has 2 aromatic carbocycles. The van der Waals surface area contributed by atoms with Crippen LogP contribution in [0.3, 0.4) is 0 Å². The Hall–Kier alpha value is -2.92. The third-order valence-corrected chi connectivity index (χ3v) is 8.10. The van der Waals surface area contributed by atoms with E-state index in [0.29, 0.717) is 12.1 Å². The van der Waals surface area contributed by atoms with Crippen LogP contribution in [0.15, 0.2) is 53.4 Å². The molecule has 1 N–H and O–H groups in total. The Morgan fingerprint density at radius 1 is 1.12 bits per heavy atom. The Morgan fingerprint density at radius 3 is 2.41 bits per heavy atom. The van der Waals surface area contributed by atoms with Crippen molar-refractivity contribution in [3.63, 3.8) is 0 Å². The van der Waals surface area contributed by atoms with E-state index >= 15 is 0 Å². The first kappa shape index (κ1) is 24.2. The molecule has 0 unspecified atom stereocenters. The second-order valence-corrected chi connectivity index (χ2v) is 10.9. The van der Waals surface area contributed by atoms with Gasteiger partial charge in [-0.1, -0.05) is 18.2 Å². The standard InChI is InChI=1S/C23H24F3N3O4S/c1-28(2)34(32,33)18-5-3-4-15(10-18)22(31)29-13-16-11-19(16)20(29)21(30)27-12-14-6-8-17(9-7-14)23(24,25)26/h3-10,16,19-20H,11-13H2,1-2H3,(H,27,30)/t16-,19-,20-/m1/s1. The van der Waals surface area contributed by atoms with Crippen molar-refractivity contribution in [1.82, 2.24) is 14.5 Å². The average molecular weight is 496 g/mol. The van der Waals surface area contributed by atoms with Crippen molar-refractivity contribution in [2.45, 2.75) is 30.1 Å². The number of hydrogen-bond donors (Lipinski definition) is 1. The summed E-state index contributed by atoms with van der Waals surface area (Å²) in [5.41, 5.74) is -0.0922. The molecule has 4 rings (SSSR count). The topological polar surface area (TPSA) is 86.8 Å². The smallest absolute Gasteiger partial charge is 0.350 e. The fraction of sp³-hybridized carbons (Fsp3) is 0.391. The molecule has 2 aromatic rings. The van der Waals surface area contributed by atoms with Gasteiger partial charge in [-0.15, -0.1) is 0 Å². The van der Waals surface area contributed by atoms with Gasteiger partial charge in [-0.3, -0.25) is 9.59 Å². The molecule has 182 valence electrons. The van der Waals surface area contributed by atoms with E-state index < -0.39 is 33.7 Å². The molecular weight excluding hydrogens is 471 g/mol. The minimum Gasteiger partial charge on any atom is -0.350 e. The van der Waals surface area contributed by atoms with Crippen molar-refractivity contribution < 1.29 is 31.2 Å². The summed E-state index contributed by atoms with van der Waals surface area (Å²) in [4.78, 5) is 27.6. The number of alkyl halides is 3. The first-order valence-electron chi connectivity index (χ1n) is 10.7. The monoisotopic (exact) mass is 495 g/mol. The van der Waals surface area contributed by atoms with Gasteiger partial charge in [0.1, 0.15) is 6.04 Å². The Morgan fingerprint density at radius 2 is 1.79 bits per heavy atom. The van der Waals surface area contributed by atoms with Gasteiger partial charge < -0.3 is 10.2 Å². The average Bonchev–Trinajstić information content (AvgIpc) is 3.45. The van der Waals surface area contributed by atoms with E-state index in [1.54, 1.807) is 0 Å². The zero-order valence-corrected chi connectivity index (χ0v) is 19.4. The zero-order chi connectivity index (χ0) is 24.8. The summed E-state index contributed by atoms with van der Waals surface area (Å²) in [5, 5.41) is 2.73. The molecule has 1 heterocycles. The van der Waals surface area contributed by atoms with Crippen LogP contribution >= 0.6 is 0 Å². The Labute approximate surface area is 195 Å². The second kappa shape index (κ2) is 8.70. The van der Waals surface area contributed by atoms with Gasteiger partial charge in [0.15, 0.2) is 0 Å². The lowest BCUT2D eigenvalue weighted by molar-refractivity contribution is -0.137. The van der Waals surface area contributed by atoms with Crippen molar-refractivity contribution in [3.8, 4) is 0 Å². The molecule has 0 spiro atoms.